The Morgan fingerprint density at radius 2 is 2.27 bits per heavy atom. The van der Waals surface area contributed by atoms with Crippen molar-refractivity contribution in [3.05, 3.63) is 21.5 Å². The molecule has 1 aliphatic heterocycles. The fourth-order valence-electron chi connectivity index (χ4n) is 1.90. The highest BCUT2D eigenvalue weighted by atomic mass is 35.5. The van der Waals surface area contributed by atoms with Gasteiger partial charge >= 0.3 is 5.69 Å². The van der Waals surface area contributed by atoms with Crippen LogP contribution >= 0.6 is 11.6 Å². The number of nitrogens with zero attached hydrogens (tertiary/aromatic N) is 3. The zero-order chi connectivity index (χ0) is 16.8. The van der Waals surface area contributed by atoms with E-state index in [0.717, 1.165) is 25.9 Å². The number of nitrogens with one attached hydrogen (secondary N) is 1. The van der Waals surface area contributed by atoms with Gasteiger partial charge in [-0.05, 0) is 40.2 Å². The summed E-state index contributed by atoms with van der Waals surface area (Å²) in [5, 5.41) is 17.9. The molecular weight excluding hydrogens is 312 g/mol. The minimum absolute atomic E-state index is 0.119. The maximum atomic E-state index is 10.6. The SMILES string of the molecule is CC(C)(C)OC=O.O=[N+]([O-])c1cnn(C2CCCNC2)c1Cl. The van der Waals surface area contributed by atoms with Crippen LogP contribution in [-0.4, -0.2) is 39.9 Å². The second-order valence-corrected chi connectivity index (χ2v) is 6.21. The van der Waals surface area contributed by atoms with Crippen molar-refractivity contribution < 1.29 is 14.5 Å². The topological polar surface area (TPSA) is 99.3 Å². The molecule has 0 aliphatic carbocycles. The zero-order valence-electron chi connectivity index (χ0n) is 12.9. The summed E-state index contributed by atoms with van der Waals surface area (Å²) in [5.41, 5.74) is -0.441. The van der Waals surface area contributed by atoms with E-state index in [4.69, 9.17) is 11.6 Å². The van der Waals surface area contributed by atoms with Crippen molar-refractivity contribution in [3.8, 4) is 0 Å². The molecule has 9 heteroatoms. The van der Waals surface area contributed by atoms with Crippen molar-refractivity contribution in [1.82, 2.24) is 15.1 Å². The van der Waals surface area contributed by atoms with E-state index >= 15 is 0 Å². The van der Waals surface area contributed by atoms with Crippen LogP contribution < -0.4 is 5.32 Å². The first kappa shape index (κ1) is 18.4. The lowest BCUT2D eigenvalue weighted by molar-refractivity contribution is -0.384. The van der Waals surface area contributed by atoms with Gasteiger partial charge in [-0.3, -0.25) is 14.9 Å². The van der Waals surface area contributed by atoms with Gasteiger partial charge in [-0.15, -0.1) is 0 Å². The number of carbonyl (C=O) groups excluding carboxylic acids is 1. The minimum atomic E-state index is -0.512. The molecule has 1 aromatic rings. The van der Waals surface area contributed by atoms with Crippen LogP contribution in [0.3, 0.4) is 0 Å². The lowest BCUT2D eigenvalue weighted by Crippen LogP contribution is -2.32. The van der Waals surface area contributed by atoms with Gasteiger partial charge in [0, 0.05) is 6.54 Å². The maximum Gasteiger partial charge on any atom is 0.325 e. The number of ether oxygens (including phenoxy) is 1. The van der Waals surface area contributed by atoms with Crippen LogP contribution in [0.5, 0.6) is 0 Å². The molecule has 22 heavy (non-hydrogen) atoms. The molecule has 1 fully saturated rings. The van der Waals surface area contributed by atoms with Gasteiger partial charge in [0.15, 0.2) is 0 Å². The van der Waals surface area contributed by atoms with Gasteiger partial charge in [0.2, 0.25) is 5.15 Å². The first-order valence-electron chi connectivity index (χ1n) is 6.96. The van der Waals surface area contributed by atoms with Crippen molar-refractivity contribution in [2.75, 3.05) is 13.1 Å². The number of halogens is 1. The average molecular weight is 333 g/mol. The van der Waals surface area contributed by atoms with E-state index in [0.29, 0.717) is 6.47 Å². The van der Waals surface area contributed by atoms with Gasteiger partial charge in [0.05, 0.1) is 11.0 Å². The van der Waals surface area contributed by atoms with Gasteiger partial charge in [-0.1, -0.05) is 11.6 Å². The number of aromatic nitrogens is 2. The number of hydrogen-bond donors (Lipinski definition) is 1. The summed E-state index contributed by atoms with van der Waals surface area (Å²) in [6.45, 7) is 7.67. The summed E-state index contributed by atoms with van der Waals surface area (Å²) >= 11 is 5.88. The zero-order valence-corrected chi connectivity index (χ0v) is 13.7. The summed E-state index contributed by atoms with van der Waals surface area (Å²) in [5.74, 6) is 0. The van der Waals surface area contributed by atoms with E-state index in [9.17, 15) is 14.9 Å². The predicted molar refractivity (Wildman–Crippen MR) is 81.9 cm³/mol. The summed E-state index contributed by atoms with van der Waals surface area (Å²) in [4.78, 5) is 19.7. The molecule has 1 atom stereocenters. The summed E-state index contributed by atoms with van der Waals surface area (Å²) in [6.07, 6.45) is 3.19. The molecular formula is C13H21ClN4O4. The maximum absolute atomic E-state index is 10.6. The normalized spacial score (nSPS) is 18.1. The Morgan fingerprint density at radius 1 is 1.59 bits per heavy atom. The van der Waals surface area contributed by atoms with Crippen LogP contribution in [0.4, 0.5) is 5.69 Å². The summed E-state index contributed by atoms with van der Waals surface area (Å²) in [6, 6.07) is 0.125. The third-order valence-corrected chi connectivity index (χ3v) is 3.30. The van der Waals surface area contributed by atoms with Crippen LogP contribution in [0.25, 0.3) is 0 Å². The van der Waals surface area contributed by atoms with E-state index < -0.39 is 4.92 Å². The van der Waals surface area contributed by atoms with Crippen molar-refractivity contribution in [2.24, 2.45) is 0 Å². The first-order valence-corrected chi connectivity index (χ1v) is 7.33. The number of carbonyl (C=O) groups is 1. The van der Waals surface area contributed by atoms with Crippen molar-refractivity contribution in [1.29, 1.82) is 0 Å². The molecule has 0 radical (unpaired) electrons. The Kier molecular flexibility index (Phi) is 6.76. The molecule has 0 spiro atoms. The highest BCUT2D eigenvalue weighted by Crippen LogP contribution is 2.28. The number of nitro groups is 1. The van der Waals surface area contributed by atoms with Crippen molar-refractivity contribution in [2.45, 2.75) is 45.3 Å². The van der Waals surface area contributed by atoms with E-state index in [1.54, 1.807) is 0 Å². The van der Waals surface area contributed by atoms with Gasteiger partial charge in [0.1, 0.15) is 11.8 Å². The standard InChI is InChI=1S/C8H11ClN4O2.C5H10O2/c9-8-7(13(14)15)5-11-12(8)6-2-1-3-10-4-6;1-5(2,3)7-4-6/h5-6,10H,1-4H2;4H,1-3H3. The first-order chi connectivity index (χ1) is 10.3. The van der Waals surface area contributed by atoms with Crippen LogP contribution in [-0.2, 0) is 9.53 Å². The van der Waals surface area contributed by atoms with E-state index in [-0.39, 0.29) is 22.5 Å². The lowest BCUT2D eigenvalue weighted by Gasteiger charge is -2.23. The second kappa shape index (κ2) is 8.09. The van der Waals surface area contributed by atoms with Crippen LogP contribution in [0.2, 0.25) is 5.15 Å². The molecule has 1 N–H and O–H groups in total. The minimum Gasteiger partial charge on any atom is -0.462 e. The third-order valence-electron chi connectivity index (χ3n) is 2.93. The summed E-state index contributed by atoms with van der Waals surface area (Å²) < 4.78 is 6.08. The average Bonchev–Trinajstić information content (AvgIpc) is 2.81. The van der Waals surface area contributed by atoms with E-state index in [1.165, 1.54) is 10.9 Å². The molecule has 0 saturated carbocycles. The predicted octanol–water partition coefficient (Wildman–Crippen LogP) is 2.33. The molecule has 1 aromatic heterocycles. The molecule has 1 unspecified atom stereocenters. The van der Waals surface area contributed by atoms with Crippen LogP contribution in [0, 0.1) is 10.1 Å². The lowest BCUT2D eigenvalue weighted by atomic mass is 10.1. The van der Waals surface area contributed by atoms with Gasteiger partial charge < -0.3 is 10.1 Å². The fourth-order valence-corrected chi connectivity index (χ4v) is 2.20. The molecule has 8 nitrogen and oxygen atoms in total. The smallest absolute Gasteiger partial charge is 0.325 e. The quantitative estimate of drug-likeness (QED) is 0.518. The molecule has 0 bridgehead atoms. The monoisotopic (exact) mass is 332 g/mol. The highest BCUT2D eigenvalue weighted by Gasteiger charge is 2.24. The Bertz CT molecular complexity index is 507. The molecule has 124 valence electrons. The van der Waals surface area contributed by atoms with Gasteiger partial charge in [-0.25, -0.2) is 4.68 Å². The molecule has 0 aromatic carbocycles. The van der Waals surface area contributed by atoms with Gasteiger partial charge in [0.25, 0.3) is 6.47 Å². The van der Waals surface area contributed by atoms with Gasteiger partial charge in [-0.2, -0.15) is 5.10 Å². The Balaban J connectivity index is 0.000000295. The van der Waals surface area contributed by atoms with E-state index in [1.807, 2.05) is 20.8 Å². The number of rotatable bonds is 3. The highest BCUT2D eigenvalue weighted by molar-refractivity contribution is 6.31. The van der Waals surface area contributed by atoms with Crippen LogP contribution in [0.15, 0.2) is 6.20 Å². The van der Waals surface area contributed by atoms with Crippen LogP contribution in [0.1, 0.15) is 39.7 Å². The fraction of sp³-hybridized carbons (Fsp3) is 0.692. The second-order valence-electron chi connectivity index (χ2n) is 5.85. The molecule has 1 saturated heterocycles. The largest absolute Gasteiger partial charge is 0.462 e. The Hall–Kier alpha value is -1.67. The summed E-state index contributed by atoms with van der Waals surface area (Å²) in [7, 11) is 0. The molecule has 0 amide bonds. The van der Waals surface area contributed by atoms with Crippen molar-refractivity contribution in [3.63, 3.8) is 0 Å². The molecule has 2 heterocycles. The Morgan fingerprint density at radius 3 is 2.64 bits per heavy atom. The third kappa shape index (κ3) is 5.61. The molecule has 2 rings (SSSR count). The van der Waals surface area contributed by atoms with Crippen molar-refractivity contribution >= 4 is 23.8 Å². The molecule has 1 aliphatic rings. The van der Waals surface area contributed by atoms with E-state index in [2.05, 4.69) is 15.2 Å². The number of hydrogen-bond acceptors (Lipinski definition) is 6. The number of piperidine rings is 1. The Labute approximate surface area is 133 Å².